The van der Waals surface area contributed by atoms with Gasteiger partial charge in [0.1, 0.15) is 23.0 Å². The largest absolute Gasteiger partial charge is 0.467 e. The molecular formula is C17H25Cl2N5O2. The van der Waals surface area contributed by atoms with E-state index in [1.54, 1.807) is 24.3 Å². The van der Waals surface area contributed by atoms with Crippen molar-refractivity contribution in [3.05, 3.63) is 41.7 Å². The van der Waals surface area contributed by atoms with Crippen LogP contribution in [0.4, 0.5) is 5.82 Å². The lowest BCUT2D eigenvalue weighted by Gasteiger charge is -2.32. The van der Waals surface area contributed by atoms with Gasteiger partial charge in [0.25, 0.3) is 5.91 Å². The van der Waals surface area contributed by atoms with E-state index in [0.29, 0.717) is 23.8 Å². The molecule has 1 fully saturated rings. The van der Waals surface area contributed by atoms with E-state index in [9.17, 15) is 4.79 Å². The first-order valence-electron chi connectivity index (χ1n) is 8.23. The normalized spacial score (nSPS) is 16.2. The predicted molar refractivity (Wildman–Crippen MR) is 105 cm³/mol. The Balaban J connectivity index is 0.00000169. The van der Waals surface area contributed by atoms with Crippen molar-refractivity contribution in [3.63, 3.8) is 0 Å². The zero-order valence-electron chi connectivity index (χ0n) is 14.9. The van der Waals surface area contributed by atoms with Crippen LogP contribution >= 0.6 is 24.8 Å². The van der Waals surface area contributed by atoms with E-state index in [1.165, 1.54) is 0 Å². The van der Waals surface area contributed by atoms with E-state index in [1.807, 2.05) is 19.2 Å². The first kappa shape index (κ1) is 22.2. The van der Waals surface area contributed by atoms with E-state index in [4.69, 9.17) is 4.42 Å². The van der Waals surface area contributed by atoms with Gasteiger partial charge in [0.15, 0.2) is 0 Å². The lowest BCUT2D eigenvalue weighted by Crippen LogP contribution is -2.46. The van der Waals surface area contributed by atoms with Crippen LogP contribution in [0, 0.1) is 6.92 Å². The van der Waals surface area contributed by atoms with Crippen molar-refractivity contribution in [1.82, 2.24) is 20.2 Å². The van der Waals surface area contributed by atoms with Gasteiger partial charge in [-0.15, -0.1) is 24.8 Å². The standard InChI is InChI=1S/C17H23N5O2.2ClH/c1-12-19-11-15(16(21-12)20-10-14-6-4-8-24-14)17(23)22(2)13-5-3-7-18-9-13;;/h4,6,8,11,13,18H,3,5,7,9-10H2,1-2H3,(H,19,20,21);2*1H. The summed E-state index contributed by atoms with van der Waals surface area (Å²) >= 11 is 0. The molecule has 1 saturated heterocycles. The van der Waals surface area contributed by atoms with E-state index in [0.717, 1.165) is 31.7 Å². The van der Waals surface area contributed by atoms with Crippen molar-refractivity contribution in [2.24, 2.45) is 0 Å². The Bertz CT molecular complexity index is 690. The summed E-state index contributed by atoms with van der Waals surface area (Å²) < 4.78 is 5.32. The molecule has 1 unspecified atom stereocenters. The van der Waals surface area contributed by atoms with Crippen molar-refractivity contribution in [2.75, 3.05) is 25.5 Å². The molecule has 0 radical (unpaired) electrons. The molecule has 1 aliphatic heterocycles. The van der Waals surface area contributed by atoms with E-state index < -0.39 is 0 Å². The van der Waals surface area contributed by atoms with Crippen LogP contribution in [-0.4, -0.2) is 47.0 Å². The number of aryl methyl sites for hydroxylation is 1. The second-order valence-electron chi connectivity index (χ2n) is 6.03. The number of carbonyl (C=O) groups excluding carboxylic acids is 1. The molecule has 26 heavy (non-hydrogen) atoms. The quantitative estimate of drug-likeness (QED) is 0.800. The highest BCUT2D eigenvalue weighted by Crippen LogP contribution is 2.18. The van der Waals surface area contributed by atoms with Gasteiger partial charge in [0.2, 0.25) is 0 Å². The molecule has 0 bridgehead atoms. The fraction of sp³-hybridized carbons (Fsp3) is 0.471. The van der Waals surface area contributed by atoms with Gasteiger partial charge in [-0.3, -0.25) is 4.79 Å². The monoisotopic (exact) mass is 401 g/mol. The Morgan fingerprint density at radius 3 is 2.92 bits per heavy atom. The summed E-state index contributed by atoms with van der Waals surface area (Å²) in [6.45, 7) is 4.12. The Hall–Kier alpha value is -1.83. The van der Waals surface area contributed by atoms with Gasteiger partial charge in [0, 0.05) is 25.8 Å². The molecule has 9 heteroatoms. The smallest absolute Gasteiger partial charge is 0.259 e. The molecule has 7 nitrogen and oxygen atoms in total. The van der Waals surface area contributed by atoms with Gasteiger partial charge >= 0.3 is 0 Å². The number of carbonyl (C=O) groups is 1. The second-order valence-corrected chi connectivity index (χ2v) is 6.03. The molecule has 3 heterocycles. The van der Waals surface area contributed by atoms with Crippen molar-refractivity contribution in [3.8, 4) is 0 Å². The second kappa shape index (κ2) is 10.4. The zero-order valence-corrected chi connectivity index (χ0v) is 16.5. The first-order valence-corrected chi connectivity index (χ1v) is 8.23. The van der Waals surface area contributed by atoms with Crippen LogP contribution in [0.5, 0.6) is 0 Å². The van der Waals surface area contributed by atoms with E-state index >= 15 is 0 Å². The summed E-state index contributed by atoms with van der Waals surface area (Å²) in [7, 11) is 1.84. The number of likely N-dealkylation sites (N-methyl/N-ethyl adjacent to an activating group) is 1. The Labute approximate surface area is 165 Å². The van der Waals surface area contributed by atoms with Crippen molar-refractivity contribution in [2.45, 2.75) is 32.4 Å². The van der Waals surface area contributed by atoms with Crippen LogP contribution in [0.3, 0.4) is 0 Å². The number of rotatable bonds is 5. The van der Waals surface area contributed by atoms with Gasteiger partial charge in [0.05, 0.1) is 12.8 Å². The molecule has 144 valence electrons. The molecule has 0 aromatic carbocycles. The number of anilines is 1. The molecule has 1 aliphatic rings. The number of halogens is 2. The average Bonchev–Trinajstić information content (AvgIpc) is 3.13. The van der Waals surface area contributed by atoms with Gasteiger partial charge in [-0.2, -0.15) is 0 Å². The molecule has 3 rings (SSSR count). The molecule has 1 atom stereocenters. The predicted octanol–water partition coefficient (Wildman–Crippen LogP) is 2.66. The topological polar surface area (TPSA) is 83.3 Å². The van der Waals surface area contributed by atoms with Crippen LogP contribution < -0.4 is 10.6 Å². The lowest BCUT2D eigenvalue weighted by atomic mass is 10.1. The minimum atomic E-state index is -0.0642. The average molecular weight is 402 g/mol. The summed E-state index contributed by atoms with van der Waals surface area (Å²) in [5, 5.41) is 6.52. The number of aromatic nitrogens is 2. The summed E-state index contributed by atoms with van der Waals surface area (Å²) in [6, 6.07) is 3.91. The number of hydrogen-bond donors (Lipinski definition) is 2. The van der Waals surface area contributed by atoms with Gasteiger partial charge in [-0.05, 0) is 38.4 Å². The van der Waals surface area contributed by atoms with Crippen LogP contribution in [0.2, 0.25) is 0 Å². The minimum Gasteiger partial charge on any atom is -0.467 e. The van der Waals surface area contributed by atoms with Crippen LogP contribution in [0.1, 0.15) is 34.8 Å². The van der Waals surface area contributed by atoms with Crippen molar-refractivity contribution >= 4 is 36.5 Å². The maximum atomic E-state index is 12.9. The maximum absolute atomic E-state index is 12.9. The Kier molecular flexibility index (Phi) is 8.84. The van der Waals surface area contributed by atoms with Crippen molar-refractivity contribution in [1.29, 1.82) is 0 Å². The summed E-state index contributed by atoms with van der Waals surface area (Å²) in [4.78, 5) is 23.3. The van der Waals surface area contributed by atoms with E-state index in [2.05, 4.69) is 20.6 Å². The molecule has 1 amide bonds. The minimum absolute atomic E-state index is 0. The number of hydrogen-bond acceptors (Lipinski definition) is 6. The molecule has 0 saturated carbocycles. The maximum Gasteiger partial charge on any atom is 0.259 e. The van der Waals surface area contributed by atoms with Gasteiger partial charge in [-0.25, -0.2) is 9.97 Å². The molecule has 0 aliphatic carbocycles. The van der Waals surface area contributed by atoms with E-state index in [-0.39, 0.29) is 36.8 Å². The third kappa shape index (κ3) is 5.33. The van der Waals surface area contributed by atoms with Crippen LogP contribution in [-0.2, 0) is 6.54 Å². The number of nitrogens with zero attached hydrogens (tertiary/aromatic N) is 3. The fourth-order valence-corrected chi connectivity index (χ4v) is 2.87. The molecular weight excluding hydrogens is 377 g/mol. The SMILES string of the molecule is Cc1ncc(C(=O)N(C)C2CCCNC2)c(NCc2ccco2)n1.Cl.Cl. The highest BCUT2D eigenvalue weighted by molar-refractivity contribution is 5.98. The third-order valence-electron chi connectivity index (χ3n) is 4.29. The molecule has 0 spiro atoms. The van der Waals surface area contributed by atoms with Crippen LogP contribution in [0.25, 0.3) is 0 Å². The number of nitrogens with one attached hydrogen (secondary N) is 2. The fourth-order valence-electron chi connectivity index (χ4n) is 2.87. The van der Waals surface area contributed by atoms with Gasteiger partial charge in [-0.1, -0.05) is 0 Å². The Morgan fingerprint density at radius 2 is 2.27 bits per heavy atom. The third-order valence-corrected chi connectivity index (χ3v) is 4.29. The number of furan rings is 1. The summed E-state index contributed by atoms with van der Waals surface area (Å²) in [6.07, 6.45) is 5.31. The molecule has 2 aromatic heterocycles. The summed E-state index contributed by atoms with van der Waals surface area (Å²) in [5.41, 5.74) is 0.486. The molecule has 2 aromatic rings. The highest BCUT2D eigenvalue weighted by atomic mass is 35.5. The number of piperidine rings is 1. The zero-order chi connectivity index (χ0) is 16.9. The number of amides is 1. The lowest BCUT2D eigenvalue weighted by molar-refractivity contribution is 0.0708. The highest BCUT2D eigenvalue weighted by Gasteiger charge is 2.25. The summed E-state index contributed by atoms with van der Waals surface area (Å²) in [5.74, 6) is 1.88. The Morgan fingerprint density at radius 1 is 1.46 bits per heavy atom. The molecule has 2 N–H and O–H groups in total. The first-order chi connectivity index (χ1) is 11.6. The van der Waals surface area contributed by atoms with Gasteiger partial charge < -0.3 is 20.0 Å². The van der Waals surface area contributed by atoms with Crippen LogP contribution in [0.15, 0.2) is 29.0 Å². The van der Waals surface area contributed by atoms with Crippen molar-refractivity contribution < 1.29 is 9.21 Å².